The maximum Gasteiger partial charge on any atom is 0.201 e. The molecule has 0 aliphatic heterocycles. The molecule has 0 fully saturated rings. The second kappa shape index (κ2) is 6.84. The molecule has 0 bridgehead atoms. The predicted octanol–water partition coefficient (Wildman–Crippen LogP) is 2.98. The summed E-state index contributed by atoms with van der Waals surface area (Å²) in [4.78, 5) is 0. The van der Waals surface area contributed by atoms with Crippen molar-refractivity contribution >= 4 is 44.0 Å². The standard InChI is InChI=1S/C8H4O4P4/c9-13-7(14-10)5-1-2-6(4-3-5)8(15-11)16-12/h1-4H. The molecule has 80 valence electrons. The van der Waals surface area contributed by atoms with Crippen LogP contribution >= 0.6 is 33.8 Å². The van der Waals surface area contributed by atoms with E-state index in [1.54, 1.807) is 24.3 Å². The Hall–Kier alpha value is -0.640. The van der Waals surface area contributed by atoms with Gasteiger partial charge in [0.15, 0.2) is 0 Å². The van der Waals surface area contributed by atoms with Gasteiger partial charge in [-0.15, -0.1) is 0 Å². The maximum atomic E-state index is 10.6. The molecule has 1 aromatic carbocycles. The number of hydrogen-bond acceptors (Lipinski definition) is 4. The Kier molecular flexibility index (Phi) is 5.74. The average Bonchev–Trinajstić information content (AvgIpc) is 2.34. The van der Waals surface area contributed by atoms with Crippen molar-refractivity contribution in [3.63, 3.8) is 0 Å². The van der Waals surface area contributed by atoms with Gasteiger partial charge in [0.05, 0.1) is 0 Å². The van der Waals surface area contributed by atoms with Crippen LogP contribution in [0.2, 0.25) is 0 Å². The fourth-order valence-corrected chi connectivity index (χ4v) is 2.30. The van der Waals surface area contributed by atoms with Crippen LogP contribution in [0.5, 0.6) is 0 Å². The minimum Gasteiger partial charge on any atom is -0.269 e. The van der Waals surface area contributed by atoms with Crippen LogP contribution in [0.4, 0.5) is 0 Å². The zero-order chi connectivity index (χ0) is 12.0. The third kappa shape index (κ3) is 3.17. The minimum atomic E-state index is -0.308. The molecule has 0 saturated carbocycles. The van der Waals surface area contributed by atoms with Crippen LogP contribution in [0, 0.1) is 0 Å². The lowest BCUT2D eigenvalue weighted by atomic mass is 10.3. The van der Waals surface area contributed by atoms with Gasteiger partial charge in [-0.25, -0.2) is 0 Å². The van der Waals surface area contributed by atoms with Crippen LogP contribution in [-0.2, 0) is 18.3 Å². The van der Waals surface area contributed by atoms with Gasteiger partial charge in [0.2, 0.25) is 33.8 Å². The molecule has 8 heteroatoms. The molecule has 0 saturated heterocycles. The summed E-state index contributed by atoms with van der Waals surface area (Å²) in [6.45, 7) is 0. The Balaban J connectivity index is 3.50. The molecule has 4 nitrogen and oxygen atoms in total. The summed E-state index contributed by atoms with van der Waals surface area (Å²) in [6.07, 6.45) is 0. The third-order valence-corrected chi connectivity index (χ3v) is 4.45. The Labute approximate surface area is 97.3 Å². The Morgan fingerprint density at radius 3 is 1.06 bits per heavy atom. The van der Waals surface area contributed by atoms with Gasteiger partial charge in [-0.1, -0.05) is 24.3 Å². The van der Waals surface area contributed by atoms with E-state index >= 15 is 0 Å². The lowest BCUT2D eigenvalue weighted by molar-refractivity contribution is 0.599. The van der Waals surface area contributed by atoms with Gasteiger partial charge in [-0.2, -0.15) is 0 Å². The highest BCUT2D eigenvalue weighted by Crippen LogP contribution is 2.24. The van der Waals surface area contributed by atoms with Crippen molar-refractivity contribution in [2.45, 2.75) is 0 Å². The highest BCUT2D eigenvalue weighted by molar-refractivity contribution is 7.62. The second-order valence-corrected chi connectivity index (χ2v) is 5.81. The lowest BCUT2D eigenvalue weighted by Crippen LogP contribution is -2.07. The second-order valence-electron chi connectivity index (χ2n) is 2.59. The SMILES string of the molecule is O=PC(P=O)=c1ccc(=C(P=O)P=O)cc1. The molecule has 0 radical (unpaired) electrons. The zero-order valence-electron chi connectivity index (χ0n) is 7.73. The van der Waals surface area contributed by atoms with E-state index < -0.39 is 0 Å². The molecule has 0 aliphatic carbocycles. The van der Waals surface area contributed by atoms with Crippen LogP contribution in [0.3, 0.4) is 0 Å². The monoisotopic (exact) mass is 288 g/mol. The largest absolute Gasteiger partial charge is 0.269 e. The smallest absolute Gasteiger partial charge is 0.201 e. The van der Waals surface area contributed by atoms with E-state index in [4.69, 9.17) is 0 Å². The van der Waals surface area contributed by atoms with Gasteiger partial charge >= 0.3 is 0 Å². The quantitative estimate of drug-likeness (QED) is 0.799. The van der Waals surface area contributed by atoms with E-state index in [-0.39, 0.29) is 44.0 Å². The first kappa shape index (κ1) is 13.4. The van der Waals surface area contributed by atoms with Gasteiger partial charge in [-0.05, 0) is 10.4 Å². The van der Waals surface area contributed by atoms with E-state index in [1.165, 1.54) is 0 Å². The summed E-state index contributed by atoms with van der Waals surface area (Å²) in [7, 11) is -1.23. The zero-order valence-corrected chi connectivity index (χ0v) is 11.3. The van der Waals surface area contributed by atoms with Gasteiger partial charge in [0, 0.05) is 0 Å². The Bertz CT molecular complexity index is 471. The number of hydrogen-bond donors (Lipinski definition) is 0. The van der Waals surface area contributed by atoms with Crippen molar-refractivity contribution in [1.29, 1.82) is 0 Å². The van der Waals surface area contributed by atoms with Crippen LogP contribution in [0.1, 0.15) is 0 Å². The molecule has 0 aromatic heterocycles. The predicted molar refractivity (Wildman–Crippen MR) is 62.9 cm³/mol. The number of rotatable bonds is 4. The first-order valence-electron chi connectivity index (χ1n) is 3.95. The Morgan fingerprint density at radius 2 is 0.875 bits per heavy atom. The molecule has 0 spiro atoms. The molecule has 0 amide bonds. The van der Waals surface area contributed by atoms with Crippen molar-refractivity contribution in [1.82, 2.24) is 0 Å². The van der Waals surface area contributed by atoms with Gasteiger partial charge < -0.3 is 0 Å². The normalized spacial score (nSPS) is 11.0. The molecule has 16 heavy (non-hydrogen) atoms. The van der Waals surface area contributed by atoms with E-state index in [0.717, 1.165) is 0 Å². The summed E-state index contributed by atoms with van der Waals surface area (Å²) in [5, 5.41) is 1.57. The van der Waals surface area contributed by atoms with Crippen molar-refractivity contribution in [2.24, 2.45) is 0 Å². The molecular weight excluding hydrogens is 284 g/mol. The van der Waals surface area contributed by atoms with Gasteiger partial charge in [0.1, 0.15) is 10.1 Å². The summed E-state index contributed by atoms with van der Waals surface area (Å²) < 4.78 is 42.5. The molecule has 1 rings (SSSR count). The molecule has 1 aromatic rings. The van der Waals surface area contributed by atoms with E-state index in [0.29, 0.717) is 10.4 Å². The maximum absolute atomic E-state index is 10.6. The average molecular weight is 288 g/mol. The molecule has 0 unspecified atom stereocenters. The van der Waals surface area contributed by atoms with Crippen molar-refractivity contribution in [3.8, 4) is 0 Å². The molecule has 0 atom stereocenters. The van der Waals surface area contributed by atoms with Crippen LogP contribution in [-0.4, -0.2) is 0 Å². The van der Waals surface area contributed by atoms with Crippen LogP contribution in [0.15, 0.2) is 24.3 Å². The highest BCUT2D eigenvalue weighted by atomic mass is 31.1. The first-order chi connectivity index (χ1) is 7.76. The van der Waals surface area contributed by atoms with Gasteiger partial charge in [-0.3, -0.25) is 18.3 Å². The van der Waals surface area contributed by atoms with E-state index in [1.807, 2.05) is 0 Å². The fraction of sp³-hybridized carbons (Fsp3) is 0. The lowest BCUT2D eigenvalue weighted by Gasteiger charge is -1.88. The van der Waals surface area contributed by atoms with Crippen LogP contribution < -0.4 is 10.4 Å². The van der Waals surface area contributed by atoms with Crippen molar-refractivity contribution in [3.05, 3.63) is 34.7 Å². The van der Waals surface area contributed by atoms with Crippen molar-refractivity contribution < 1.29 is 18.3 Å². The summed E-state index contributed by atoms with van der Waals surface area (Å²) in [5.74, 6) is 0. The molecule has 0 heterocycles. The van der Waals surface area contributed by atoms with Gasteiger partial charge in [0.25, 0.3) is 0 Å². The minimum absolute atomic E-state index is 0.229. The molecule has 0 aliphatic rings. The molecule has 0 N–H and O–H groups in total. The van der Waals surface area contributed by atoms with Crippen molar-refractivity contribution in [2.75, 3.05) is 0 Å². The highest BCUT2D eigenvalue weighted by Gasteiger charge is 1.99. The third-order valence-electron chi connectivity index (χ3n) is 1.75. The first-order valence-corrected chi connectivity index (χ1v) is 7.20. The fourth-order valence-electron chi connectivity index (χ4n) is 1.01. The summed E-state index contributed by atoms with van der Waals surface area (Å²) >= 11 is 0. The number of benzene rings is 1. The molecular formula is C8H4O4P4. The van der Waals surface area contributed by atoms with E-state index in [2.05, 4.69) is 0 Å². The van der Waals surface area contributed by atoms with Crippen LogP contribution in [0.25, 0.3) is 10.1 Å². The van der Waals surface area contributed by atoms with E-state index in [9.17, 15) is 18.3 Å². The summed E-state index contributed by atoms with van der Waals surface area (Å²) in [5.41, 5.74) is 0. The topological polar surface area (TPSA) is 68.3 Å². The Morgan fingerprint density at radius 1 is 0.625 bits per heavy atom. The summed E-state index contributed by atoms with van der Waals surface area (Å²) in [6, 6.07) is 6.32.